The maximum atomic E-state index is 12.2. The highest BCUT2D eigenvalue weighted by atomic mass is 16.5. The first-order valence-corrected chi connectivity index (χ1v) is 7.11. The number of carbonyl (C=O) groups is 1. The second-order valence-electron chi connectivity index (χ2n) is 5.03. The van der Waals surface area contributed by atoms with Crippen LogP contribution in [0.5, 0.6) is 0 Å². The summed E-state index contributed by atoms with van der Waals surface area (Å²) in [5.74, 6) is 1.27. The van der Waals surface area contributed by atoms with E-state index in [0.29, 0.717) is 32.2 Å². The van der Waals surface area contributed by atoms with Crippen molar-refractivity contribution in [2.45, 2.75) is 12.6 Å². The van der Waals surface area contributed by atoms with Gasteiger partial charge in [0.2, 0.25) is 5.95 Å². The second-order valence-corrected chi connectivity index (χ2v) is 5.03. The van der Waals surface area contributed by atoms with E-state index in [1.54, 1.807) is 24.7 Å². The summed E-state index contributed by atoms with van der Waals surface area (Å²) in [5, 5.41) is 2.85. The predicted molar refractivity (Wildman–Crippen MR) is 79.0 cm³/mol. The Hall–Kier alpha value is -2.48. The van der Waals surface area contributed by atoms with E-state index in [1.165, 1.54) is 0 Å². The molecule has 0 radical (unpaired) electrons. The van der Waals surface area contributed by atoms with Gasteiger partial charge in [0.15, 0.2) is 6.10 Å². The number of morpholine rings is 1. The van der Waals surface area contributed by atoms with E-state index in [-0.39, 0.29) is 5.91 Å². The van der Waals surface area contributed by atoms with E-state index in [2.05, 4.69) is 20.3 Å². The predicted octanol–water partition coefficient (Wildman–Crippen LogP) is -0.268. The van der Waals surface area contributed by atoms with E-state index in [4.69, 9.17) is 4.74 Å². The Kier molecular flexibility index (Phi) is 4.29. The van der Waals surface area contributed by atoms with E-state index in [9.17, 15) is 4.79 Å². The molecule has 0 bridgehead atoms. The number of anilines is 1. The fraction of sp³-hybridized carbons (Fsp3) is 0.429. The highest BCUT2D eigenvalue weighted by molar-refractivity contribution is 5.81. The number of nitrogens with zero attached hydrogens (tertiary/aromatic N) is 5. The molecule has 8 heteroatoms. The van der Waals surface area contributed by atoms with Crippen molar-refractivity contribution >= 4 is 11.9 Å². The third kappa shape index (κ3) is 3.22. The molecule has 0 spiro atoms. The summed E-state index contributed by atoms with van der Waals surface area (Å²) in [6, 6.07) is 1.76. The van der Waals surface area contributed by atoms with Crippen molar-refractivity contribution in [2.75, 3.05) is 24.6 Å². The van der Waals surface area contributed by atoms with Gasteiger partial charge in [0.1, 0.15) is 5.82 Å². The molecular weight excluding hydrogens is 284 g/mol. The van der Waals surface area contributed by atoms with Crippen LogP contribution >= 0.6 is 0 Å². The molecule has 1 N–H and O–H groups in total. The zero-order valence-corrected chi connectivity index (χ0v) is 12.3. The SMILES string of the molecule is Cn1ccnc1CNC(=O)[C@H]1CN(c2ncccn2)CCO1. The molecule has 1 aliphatic rings. The van der Waals surface area contributed by atoms with E-state index in [0.717, 1.165) is 5.82 Å². The molecule has 1 atom stereocenters. The largest absolute Gasteiger partial charge is 0.365 e. The smallest absolute Gasteiger partial charge is 0.251 e. The van der Waals surface area contributed by atoms with Crippen LogP contribution in [0.2, 0.25) is 0 Å². The molecule has 2 aromatic heterocycles. The highest BCUT2D eigenvalue weighted by Crippen LogP contribution is 2.12. The summed E-state index contributed by atoms with van der Waals surface area (Å²) in [6.45, 7) is 1.96. The Balaban J connectivity index is 1.57. The lowest BCUT2D eigenvalue weighted by atomic mass is 10.2. The molecular formula is C14H18N6O2. The summed E-state index contributed by atoms with van der Waals surface area (Å²) in [4.78, 5) is 26.8. The molecule has 22 heavy (non-hydrogen) atoms. The number of rotatable bonds is 4. The number of amides is 1. The number of imidazole rings is 1. The molecule has 8 nitrogen and oxygen atoms in total. The van der Waals surface area contributed by atoms with Gasteiger partial charge in [0, 0.05) is 38.4 Å². The minimum absolute atomic E-state index is 0.149. The van der Waals surface area contributed by atoms with Crippen molar-refractivity contribution in [1.29, 1.82) is 0 Å². The summed E-state index contributed by atoms with van der Waals surface area (Å²) in [6.07, 6.45) is 6.39. The number of carbonyl (C=O) groups excluding carboxylic acids is 1. The van der Waals surface area contributed by atoms with Crippen LogP contribution in [0.3, 0.4) is 0 Å². The molecule has 2 aromatic rings. The fourth-order valence-electron chi connectivity index (χ4n) is 2.29. The van der Waals surface area contributed by atoms with Crippen LogP contribution in [0.25, 0.3) is 0 Å². The molecule has 116 valence electrons. The van der Waals surface area contributed by atoms with Gasteiger partial charge in [0.05, 0.1) is 19.7 Å². The van der Waals surface area contributed by atoms with Gasteiger partial charge >= 0.3 is 0 Å². The van der Waals surface area contributed by atoms with Gasteiger partial charge in [0.25, 0.3) is 5.91 Å². The maximum absolute atomic E-state index is 12.2. The standard InChI is InChI=1S/C14H18N6O2/c1-19-6-5-15-12(19)9-18-13(21)11-10-20(7-8-22-11)14-16-3-2-4-17-14/h2-6,11H,7-10H2,1H3,(H,18,21)/t11-/m1/s1. The van der Waals surface area contributed by atoms with Gasteiger partial charge < -0.3 is 19.5 Å². The van der Waals surface area contributed by atoms with Crippen LogP contribution in [0.15, 0.2) is 30.9 Å². The van der Waals surface area contributed by atoms with Crippen molar-refractivity contribution in [3.05, 3.63) is 36.7 Å². The molecule has 3 heterocycles. The normalized spacial score (nSPS) is 18.2. The van der Waals surface area contributed by atoms with Crippen LogP contribution in [0.4, 0.5) is 5.95 Å². The zero-order valence-electron chi connectivity index (χ0n) is 12.3. The fourth-order valence-corrected chi connectivity index (χ4v) is 2.29. The topological polar surface area (TPSA) is 85.2 Å². The van der Waals surface area contributed by atoms with Gasteiger partial charge in [-0.05, 0) is 6.07 Å². The first-order chi connectivity index (χ1) is 10.7. The summed E-state index contributed by atoms with van der Waals surface area (Å²) < 4.78 is 7.42. The lowest BCUT2D eigenvalue weighted by molar-refractivity contribution is -0.133. The van der Waals surface area contributed by atoms with Crippen LogP contribution in [0.1, 0.15) is 5.82 Å². The number of hydrogen-bond donors (Lipinski definition) is 1. The summed E-state index contributed by atoms with van der Waals surface area (Å²) in [5.41, 5.74) is 0. The molecule has 1 amide bonds. The minimum atomic E-state index is -0.530. The molecule has 1 aliphatic heterocycles. The molecule has 1 saturated heterocycles. The van der Waals surface area contributed by atoms with Crippen molar-refractivity contribution in [1.82, 2.24) is 24.8 Å². The number of hydrogen-bond acceptors (Lipinski definition) is 6. The van der Waals surface area contributed by atoms with E-state index in [1.807, 2.05) is 22.7 Å². The van der Waals surface area contributed by atoms with Gasteiger partial charge in [-0.2, -0.15) is 0 Å². The van der Waals surface area contributed by atoms with Crippen LogP contribution in [-0.2, 0) is 23.1 Å². The quantitative estimate of drug-likeness (QED) is 0.837. The van der Waals surface area contributed by atoms with Crippen molar-refractivity contribution < 1.29 is 9.53 Å². The lowest BCUT2D eigenvalue weighted by Gasteiger charge is -2.32. The van der Waals surface area contributed by atoms with Gasteiger partial charge in [-0.1, -0.05) is 0 Å². The third-order valence-corrected chi connectivity index (χ3v) is 3.54. The number of ether oxygens (including phenoxy) is 1. The van der Waals surface area contributed by atoms with Crippen LogP contribution in [0, 0.1) is 0 Å². The first kappa shape index (κ1) is 14.5. The average Bonchev–Trinajstić information content (AvgIpc) is 2.99. The van der Waals surface area contributed by atoms with E-state index < -0.39 is 6.10 Å². The number of aryl methyl sites for hydroxylation is 1. The minimum Gasteiger partial charge on any atom is -0.365 e. The number of nitrogens with one attached hydrogen (secondary N) is 1. The van der Waals surface area contributed by atoms with Crippen molar-refractivity contribution in [2.24, 2.45) is 7.05 Å². The Labute approximate surface area is 128 Å². The summed E-state index contributed by atoms with van der Waals surface area (Å²) >= 11 is 0. The molecule has 0 saturated carbocycles. The molecule has 1 fully saturated rings. The highest BCUT2D eigenvalue weighted by Gasteiger charge is 2.27. The number of aromatic nitrogens is 4. The molecule has 0 aliphatic carbocycles. The Morgan fingerprint density at radius 2 is 2.18 bits per heavy atom. The Morgan fingerprint density at radius 3 is 2.91 bits per heavy atom. The Morgan fingerprint density at radius 1 is 1.36 bits per heavy atom. The zero-order chi connectivity index (χ0) is 15.4. The second kappa shape index (κ2) is 6.52. The van der Waals surface area contributed by atoms with Crippen molar-refractivity contribution in [3.8, 4) is 0 Å². The molecule has 0 aromatic carbocycles. The monoisotopic (exact) mass is 302 g/mol. The Bertz CT molecular complexity index is 629. The van der Waals surface area contributed by atoms with Gasteiger partial charge in [-0.25, -0.2) is 15.0 Å². The van der Waals surface area contributed by atoms with Gasteiger partial charge in [-0.15, -0.1) is 0 Å². The van der Waals surface area contributed by atoms with Crippen LogP contribution in [-0.4, -0.2) is 51.2 Å². The van der Waals surface area contributed by atoms with Gasteiger partial charge in [-0.3, -0.25) is 4.79 Å². The van der Waals surface area contributed by atoms with Crippen molar-refractivity contribution in [3.63, 3.8) is 0 Å². The molecule has 0 unspecified atom stereocenters. The average molecular weight is 302 g/mol. The maximum Gasteiger partial charge on any atom is 0.251 e. The lowest BCUT2D eigenvalue weighted by Crippen LogP contribution is -2.50. The summed E-state index contributed by atoms with van der Waals surface area (Å²) in [7, 11) is 1.89. The van der Waals surface area contributed by atoms with Crippen LogP contribution < -0.4 is 10.2 Å². The third-order valence-electron chi connectivity index (χ3n) is 3.54. The molecule has 3 rings (SSSR count). The van der Waals surface area contributed by atoms with E-state index >= 15 is 0 Å². The first-order valence-electron chi connectivity index (χ1n) is 7.11.